The highest BCUT2D eigenvalue weighted by molar-refractivity contribution is 5.23. The van der Waals surface area contributed by atoms with Crippen molar-refractivity contribution in [3.05, 3.63) is 11.4 Å². The lowest BCUT2D eigenvalue weighted by Gasteiger charge is -2.21. The van der Waals surface area contributed by atoms with E-state index in [0.717, 1.165) is 12.8 Å². The van der Waals surface area contributed by atoms with Crippen LogP contribution in [0.2, 0.25) is 0 Å². The first-order valence-electron chi connectivity index (χ1n) is 4.47. The molecule has 2 heteroatoms. The van der Waals surface area contributed by atoms with Gasteiger partial charge in [0.05, 0.1) is 0 Å². The molecule has 0 aromatic rings. The van der Waals surface area contributed by atoms with E-state index in [-0.39, 0.29) is 17.6 Å². The molecule has 0 unspecified atom stereocenters. The van der Waals surface area contributed by atoms with Gasteiger partial charge in [0.1, 0.15) is 0 Å². The summed E-state index contributed by atoms with van der Waals surface area (Å²) in [4.78, 5) is 3.74. The van der Waals surface area contributed by atoms with E-state index in [0.29, 0.717) is 5.92 Å². The first-order chi connectivity index (χ1) is 5.48. The van der Waals surface area contributed by atoms with Crippen molar-refractivity contribution in [2.45, 2.75) is 39.2 Å². The van der Waals surface area contributed by atoms with E-state index in [4.69, 9.17) is 11.7 Å². The smallest absolute Gasteiger partial charge is 0.241 e. The highest BCUT2D eigenvalue weighted by Gasteiger charge is 2.68. The van der Waals surface area contributed by atoms with E-state index in [1.807, 2.05) is 0 Å². The lowest BCUT2D eigenvalue weighted by atomic mass is 9.82. The maximum atomic E-state index is 8.77. The molecule has 0 aromatic heterocycles. The second kappa shape index (κ2) is 2.74. The fourth-order valence-corrected chi connectivity index (χ4v) is 2.04. The summed E-state index contributed by atoms with van der Waals surface area (Å²) < 4.78 is 0. The minimum atomic E-state index is -0.171. The third-order valence-electron chi connectivity index (χ3n) is 3.05. The molecule has 0 amide bonds. The standard InChI is InChI=1S/C10H17NO/c1-9(2,3)10(11-4)7-8(10)5-6-12/h8,12H,5-7H2,1-3H3/t8-,10-/m1/s1. The summed E-state index contributed by atoms with van der Waals surface area (Å²) in [5.41, 5.74) is -0.107. The predicted octanol–water partition coefficient (Wildman–Crippen LogP) is 2.09. The molecule has 1 aliphatic rings. The van der Waals surface area contributed by atoms with Gasteiger partial charge in [0.15, 0.2) is 0 Å². The molecule has 0 bridgehead atoms. The Hall–Kier alpha value is -0.550. The molecule has 2 nitrogen and oxygen atoms in total. The van der Waals surface area contributed by atoms with Crippen molar-refractivity contribution < 1.29 is 5.11 Å². The van der Waals surface area contributed by atoms with Crippen LogP contribution in [0.5, 0.6) is 0 Å². The molecule has 68 valence electrons. The second-order valence-electron chi connectivity index (χ2n) is 4.70. The average Bonchev–Trinajstić information content (AvgIpc) is 2.63. The van der Waals surface area contributed by atoms with Crippen LogP contribution in [-0.2, 0) is 0 Å². The Bertz CT molecular complexity index is 211. The average molecular weight is 167 g/mol. The van der Waals surface area contributed by atoms with E-state index in [1.54, 1.807) is 0 Å². The summed E-state index contributed by atoms with van der Waals surface area (Å²) in [7, 11) is 0. The maximum absolute atomic E-state index is 8.77. The topological polar surface area (TPSA) is 24.6 Å². The molecule has 1 fully saturated rings. The van der Waals surface area contributed by atoms with Gasteiger partial charge in [-0.2, -0.15) is 0 Å². The van der Waals surface area contributed by atoms with Crippen LogP contribution in [0.1, 0.15) is 33.6 Å². The molecule has 0 aromatic carbocycles. The summed E-state index contributed by atoms with van der Waals surface area (Å²) in [6.45, 7) is 13.7. The molecule has 1 rings (SSSR count). The fourth-order valence-electron chi connectivity index (χ4n) is 2.04. The monoisotopic (exact) mass is 167 g/mol. The van der Waals surface area contributed by atoms with Crippen LogP contribution in [0.4, 0.5) is 0 Å². The number of nitrogens with zero attached hydrogens (tertiary/aromatic N) is 1. The Morgan fingerprint density at radius 1 is 1.58 bits per heavy atom. The fraction of sp³-hybridized carbons (Fsp3) is 0.900. The Morgan fingerprint density at radius 3 is 2.42 bits per heavy atom. The van der Waals surface area contributed by atoms with Crippen molar-refractivity contribution in [2.75, 3.05) is 6.61 Å². The minimum absolute atomic E-state index is 0.0641. The van der Waals surface area contributed by atoms with Crippen molar-refractivity contribution in [1.29, 1.82) is 0 Å². The van der Waals surface area contributed by atoms with Crippen LogP contribution in [0, 0.1) is 17.9 Å². The molecule has 0 aliphatic heterocycles. The summed E-state index contributed by atoms with van der Waals surface area (Å²) in [6, 6.07) is 0. The zero-order valence-corrected chi connectivity index (χ0v) is 8.09. The van der Waals surface area contributed by atoms with Gasteiger partial charge in [-0.15, -0.1) is 0 Å². The van der Waals surface area contributed by atoms with Gasteiger partial charge in [0.25, 0.3) is 0 Å². The van der Waals surface area contributed by atoms with Crippen molar-refractivity contribution in [3.8, 4) is 0 Å². The van der Waals surface area contributed by atoms with Gasteiger partial charge in [-0.1, -0.05) is 20.8 Å². The van der Waals surface area contributed by atoms with Gasteiger partial charge >= 0.3 is 0 Å². The van der Waals surface area contributed by atoms with Gasteiger partial charge in [0, 0.05) is 24.4 Å². The van der Waals surface area contributed by atoms with Gasteiger partial charge in [-0.25, -0.2) is 6.57 Å². The third kappa shape index (κ3) is 1.23. The van der Waals surface area contributed by atoms with Crippen LogP contribution in [0.3, 0.4) is 0 Å². The summed E-state index contributed by atoms with van der Waals surface area (Å²) >= 11 is 0. The van der Waals surface area contributed by atoms with Gasteiger partial charge < -0.3 is 9.95 Å². The normalized spacial score (nSPS) is 34.4. The van der Waals surface area contributed by atoms with Crippen LogP contribution < -0.4 is 0 Å². The van der Waals surface area contributed by atoms with Gasteiger partial charge in [-0.05, 0) is 6.42 Å². The molecule has 0 spiro atoms. The first-order valence-corrected chi connectivity index (χ1v) is 4.47. The van der Waals surface area contributed by atoms with Crippen LogP contribution in [0.15, 0.2) is 0 Å². The van der Waals surface area contributed by atoms with E-state index < -0.39 is 0 Å². The Labute approximate surface area is 74.4 Å². The highest BCUT2D eigenvalue weighted by atomic mass is 16.3. The third-order valence-corrected chi connectivity index (χ3v) is 3.05. The Morgan fingerprint density at radius 2 is 2.17 bits per heavy atom. The van der Waals surface area contributed by atoms with Crippen molar-refractivity contribution in [2.24, 2.45) is 11.3 Å². The van der Waals surface area contributed by atoms with Crippen LogP contribution in [0.25, 0.3) is 4.85 Å². The summed E-state index contributed by atoms with van der Waals surface area (Å²) in [5, 5.41) is 8.77. The minimum Gasteiger partial charge on any atom is -0.396 e. The van der Waals surface area contributed by atoms with Crippen LogP contribution >= 0.6 is 0 Å². The van der Waals surface area contributed by atoms with Crippen molar-refractivity contribution in [3.63, 3.8) is 0 Å². The molecule has 1 saturated carbocycles. The molecule has 0 saturated heterocycles. The van der Waals surface area contributed by atoms with Crippen molar-refractivity contribution >= 4 is 0 Å². The number of hydrogen-bond acceptors (Lipinski definition) is 1. The van der Waals surface area contributed by atoms with E-state index >= 15 is 0 Å². The molecule has 1 aliphatic carbocycles. The van der Waals surface area contributed by atoms with Gasteiger partial charge in [-0.3, -0.25) is 0 Å². The SMILES string of the molecule is [C-]#[N+][C@]1(C(C)(C)C)C[C@H]1CCO. The van der Waals surface area contributed by atoms with E-state index in [2.05, 4.69) is 25.6 Å². The lowest BCUT2D eigenvalue weighted by molar-refractivity contribution is 0.257. The molecular weight excluding hydrogens is 150 g/mol. The maximum Gasteiger partial charge on any atom is 0.241 e. The van der Waals surface area contributed by atoms with E-state index in [9.17, 15) is 0 Å². The molecule has 2 atom stereocenters. The van der Waals surface area contributed by atoms with Crippen LogP contribution in [-0.4, -0.2) is 17.3 Å². The largest absolute Gasteiger partial charge is 0.396 e. The second-order valence-corrected chi connectivity index (χ2v) is 4.70. The number of hydrogen-bond donors (Lipinski definition) is 1. The predicted molar refractivity (Wildman–Crippen MR) is 48.6 cm³/mol. The molecule has 12 heavy (non-hydrogen) atoms. The quantitative estimate of drug-likeness (QED) is 0.626. The summed E-state index contributed by atoms with van der Waals surface area (Å²) in [5.74, 6) is 0.431. The first kappa shape index (κ1) is 9.54. The Balaban J connectivity index is 2.67. The zero-order chi connectivity index (χ0) is 9.41. The zero-order valence-electron chi connectivity index (χ0n) is 8.09. The lowest BCUT2D eigenvalue weighted by Crippen LogP contribution is -2.27. The molecule has 0 heterocycles. The van der Waals surface area contributed by atoms with E-state index in [1.165, 1.54) is 0 Å². The molecular formula is C10H17NO. The number of aliphatic hydroxyl groups is 1. The number of aliphatic hydroxyl groups excluding tert-OH is 1. The number of rotatable bonds is 2. The molecule has 1 N–H and O–H groups in total. The molecule has 0 radical (unpaired) electrons. The highest BCUT2D eigenvalue weighted by Crippen LogP contribution is 2.59. The van der Waals surface area contributed by atoms with Gasteiger partial charge in [0.2, 0.25) is 5.54 Å². The van der Waals surface area contributed by atoms with Crippen molar-refractivity contribution in [1.82, 2.24) is 0 Å². The summed E-state index contributed by atoms with van der Waals surface area (Å²) in [6.07, 6.45) is 1.76. The Kier molecular flexibility index (Phi) is 2.18.